The Morgan fingerprint density at radius 1 is 1.20 bits per heavy atom. The fourth-order valence-corrected chi connectivity index (χ4v) is 1.77. The molecule has 0 aliphatic carbocycles. The van der Waals surface area contributed by atoms with Crippen LogP contribution in [0.2, 0.25) is 0 Å². The number of hydrogen-bond donors (Lipinski definition) is 3. The standard InChI is InChI=1S/C15H16N2O3/c1-19-11-5-6-13(15(16)17)14(8-11)20-12-4-2-3-10(7-12)9-18/h2-8,18H,9H2,1H3,(H3,16,17). The highest BCUT2D eigenvalue weighted by atomic mass is 16.5. The Kier molecular flexibility index (Phi) is 4.22. The van der Waals surface area contributed by atoms with Gasteiger partial charge >= 0.3 is 0 Å². The summed E-state index contributed by atoms with van der Waals surface area (Å²) < 4.78 is 10.9. The van der Waals surface area contributed by atoms with Crippen molar-refractivity contribution >= 4 is 5.84 Å². The molecule has 5 heteroatoms. The van der Waals surface area contributed by atoms with Crippen LogP contribution in [-0.2, 0) is 6.61 Å². The summed E-state index contributed by atoms with van der Waals surface area (Å²) in [6.45, 7) is -0.0606. The molecule has 0 atom stereocenters. The van der Waals surface area contributed by atoms with Crippen molar-refractivity contribution in [3.8, 4) is 17.2 Å². The first-order valence-corrected chi connectivity index (χ1v) is 6.04. The van der Waals surface area contributed by atoms with Crippen molar-refractivity contribution in [3.05, 3.63) is 53.6 Å². The lowest BCUT2D eigenvalue weighted by Gasteiger charge is -2.12. The average molecular weight is 272 g/mol. The van der Waals surface area contributed by atoms with E-state index in [2.05, 4.69) is 0 Å². The van der Waals surface area contributed by atoms with Gasteiger partial charge in [-0.3, -0.25) is 5.41 Å². The van der Waals surface area contributed by atoms with Gasteiger partial charge in [0.2, 0.25) is 0 Å². The van der Waals surface area contributed by atoms with E-state index in [-0.39, 0.29) is 12.4 Å². The lowest BCUT2D eigenvalue weighted by atomic mass is 10.1. The highest BCUT2D eigenvalue weighted by Gasteiger charge is 2.10. The van der Waals surface area contributed by atoms with Crippen LogP contribution in [-0.4, -0.2) is 18.1 Å². The number of aliphatic hydroxyl groups is 1. The second-order valence-corrected chi connectivity index (χ2v) is 4.18. The van der Waals surface area contributed by atoms with Crippen LogP contribution in [0.4, 0.5) is 0 Å². The summed E-state index contributed by atoms with van der Waals surface area (Å²) in [6, 6.07) is 12.1. The summed E-state index contributed by atoms with van der Waals surface area (Å²) in [5.74, 6) is 1.53. The molecule has 104 valence electrons. The summed E-state index contributed by atoms with van der Waals surface area (Å²) in [4.78, 5) is 0. The van der Waals surface area contributed by atoms with Crippen LogP contribution in [0.5, 0.6) is 17.2 Å². The number of rotatable bonds is 5. The number of methoxy groups -OCH3 is 1. The summed E-state index contributed by atoms with van der Waals surface area (Å²) in [7, 11) is 1.55. The zero-order chi connectivity index (χ0) is 14.5. The Morgan fingerprint density at radius 2 is 2.00 bits per heavy atom. The third kappa shape index (κ3) is 3.07. The molecule has 2 rings (SSSR count). The van der Waals surface area contributed by atoms with Crippen LogP contribution in [0.15, 0.2) is 42.5 Å². The molecule has 0 spiro atoms. The van der Waals surface area contributed by atoms with Gasteiger partial charge in [0.1, 0.15) is 23.1 Å². The van der Waals surface area contributed by atoms with Gasteiger partial charge in [-0.1, -0.05) is 12.1 Å². The molecule has 2 aromatic rings. The first kappa shape index (κ1) is 13.9. The van der Waals surface area contributed by atoms with Gasteiger partial charge in [-0.15, -0.1) is 0 Å². The number of benzene rings is 2. The summed E-state index contributed by atoms with van der Waals surface area (Å²) in [5, 5.41) is 16.7. The maximum atomic E-state index is 9.12. The number of aliphatic hydroxyl groups excluding tert-OH is 1. The maximum Gasteiger partial charge on any atom is 0.142 e. The van der Waals surface area contributed by atoms with Crippen LogP contribution in [0, 0.1) is 5.41 Å². The van der Waals surface area contributed by atoms with Crippen molar-refractivity contribution < 1.29 is 14.6 Å². The van der Waals surface area contributed by atoms with E-state index in [4.69, 9.17) is 25.7 Å². The minimum atomic E-state index is -0.0824. The quantitative estimate of drug-likeness (QED) is 0.575. The number of hydrogen-bond acceptors (Lipinski definition) is 4. The first-order valence-electron chi connectivity index (χ1n) is 6.04. The smallest absolute Gasteiger partial charge is 0.142 e. The van der Waals surface area contributed by atoms with Crippen molar-refractivity contribution in [2.75, 3.05) is 7.11 Å². The molecular formula is C15H16N2O3. The maximum absolute atomic E-state index is 9.12. The predicted molar refractivity (Wildman–Crippen MR) is 76.4 cm³/mol. The fraction of sp³-hybridized carbons (Fsp3) is 0.133. The van der Waals surface area contributed by atoms with E-state index in [9.17, 15) is 0 Å². The molecule has 4 N–H and O–H groups in total. The van der Waals surface area contributed by atoms with Gasteiger partial charge in [0.05, 0.1) is 19.3 Å². The summed E-state index contributed by atoms with van der Waals surface area (Å²) >= 11 is 0. The zero-order valence-corrected chi connectivity index (χ0v) is 11.1. The summed E-state index contributed by atoms with van der Waals surface area (Å²) in [6.07, 6.45) is 0. The molecule has 0 fully saturated rings. The number of ether oxygens (including phenoxy) is 2. The van der Waals surface area contributed by atoms with Crippen molar-refractivity contribution in [3.63, 3.8) is 0 Å². The predicted octanol–water partition coefficient (Wildman–Crippen LogP) is 2.26. The molecule has 0 saturated heterocycles. The molecule has 0 radical (unpaired) electrons. The van der Waals surface area contributed by atoms with Crippen molar-refractivity contribution in [2.45, 2.75) is 6.61 Å². The molecule has 2 aromatic carbocycles. The highest BCUT2D eigenvalue weighted by molar-refractivity contribution is 5.97. The van der Waals surface area contributed by atoms with Crippen LogP contribution < -0.4 is 15.2 Å². The molecule has 0 heterocycles. The molecule has 0 bridgehead atoms. The topological polar surface area (TPSA) is 88.6 Å². The molecule has 5 nitrogen and oxygen atoms in total. The molecular weight excluding hydrogens is 256 g/mol. The molecule has 0 unspecified atom stereocenters. The Bertz CT molecular complexity index is 626. The van der Waals surface area contributed by atoms with Gasteiger partial charge in [0, 0.05) is 6.07 Å². The fourth-order valence-electron chi connectivity index (χ4n) is 1.77. The van der Waals surface area contributed by atoms with E-state index in [1.54, 1.807) is 49.6 Å². The lowest BCUT2D eigenvalue weighted by Crippen LogP contribution is -2.12. The normalized spacial score (nSPS) is 10.1. The molecule has 0 aliphatic heterocycles. The molecule has 0 aromatic heterocycles. The van der Waals surface area contributed by atoms with Gasteiger partial charge in [-0.25, -0.2) is 0 Å². The second kappa shape index (κ2) is 6.08. The first-order chi connectivity index (χ1) is 9.63. The number of nitrogens with one attached hydrogen (secondary N) is 1. The van der Waals surface area contributed by atoms with Gasteiger partial charge in [-0.2, -0.15) is 0 Å². The Morgan fingerprint density at radius 3 is 2.65 bits per heavy atom. The number of nitrogens with two attached hydrogens (primary N) is 1. The van der Waals surface area contributed by atoms with Gasteiger partial charge < -0.3 is 20.3 Å². The van der Waals surface area contributed by atoms with E-state index in [0.29, 0.717) is 22.8 Å². The molecule has 0 saturated carbocycles. The summed E-state index contributed by atoms with van der Waals surface area (Å²) in [5.41, 5.74) is 6.77. The van der Waals surface area contributed by atoms with E-state index in [1.807, 2.05) is 0 Å². The van der Waals surface area contributed by atoms with Crippen molar-refractivity contribution in [2.24, 2.45) is 5.73 Å². The number of amidine groups is 1. The van der Waals surface area contributed by atoms with Crippen LogP contribution in [0.25, 0.3) is 0 Å². The van der Waals surface area contributed by atoms with E-state index in [0.717, 1.165) is 5.56 Å². The van der Waals surface area contributed by atoms with Crippen LogP contribution in [0.1, 0.15) is 11.1 Å². The van der Waals surface area contributed by atoms with Crippen molar-refractivity contribution in [1.82, 2.24) is 0 Å². The molecule has 20 heavy (non-hydrogen) atoms. The van der Waals surface area contributed by atoms with Crippen LogP contribution >= 0.6 is 0 Å². The third-order valence-corrected chi connectivity index (χ3v) is 2.79. The van der Waals surface area contributed by atoms with Gasteiger partial charge in [0.25, 0.3) is 0 Å². The minimum Gasteiger partial charge on any atom is -0.497 e. The monoisotopic (exact) mass is 272 g/mol. The van der Waals surface area contributed by atoms with Gasteiger partial charge in [0.15, 0.2) is 0 Å². The minimum absolute atomic E-state index is 0.0606. The van der Waals surface area contributed by atoms with Crippen molar-refractivity contribution in [1.29, 1.82) is 5.41 Å². The zero-order valence-electron chi connectivity index (χ0n) is 11.1. The molecule has 0 amide bonds. The average Bonchev–Trinajstić information content (AvgIpc) is 2.47. The molecule has 0 aliphatic rings. The Labute approximate surface area is 117 Å². The highest BCUT2D eigenvalue weighted by Crippen LogP contribution is 2.29. The lowest BCUT2D eigenvalue weighted by molar-refractivity contribution is 0.281. The Balaban J connectivity index is 2.37. The van der Waals surface area contributed by atoms with E-state index < -0.39 is 0 Å². The number of nitrogen functional groups attached to an aromatic ring is 1. The van der Waals surface area contributed by atoms with E-state index in [1.165, 1.54) is 0 Å². The third-order valence-electron chi connectivity index (χ3n) is 2.79. The van der Waals surface area contributed by atoms with Gasteiger partial charge in [-0.05, 0) is 29.8 Å². The van der Waals surface area contributed by atoms with Crippen LogP contribution in [0.3, 0.4) is 0 Å². The largest absolute Gasteiger partial charge is 0.497 e. The SMILES string of the molecule is COc1ccc(C(=N)N)c(Oc2cccc(CO)c2)c1. The second-order valence-electron chi connectivity index (χ2n) is 4.18. The Hall–Kier alpha value is -2.53. The van der Waals surface area contributed by atoms with E-state index >= 15 is 0 Å².